The number of fused-ring (bicyclic) bond motifs is 1. The van der Waals surface area contributed by atoms with Gasteiger partial charge in [0.25, 0.3) is 0 Å². The van der Waals surface area contributed by atoms with Gasteiger partial charge in [-0.1, -0.05) is 6.07 Å². The van der Waals surface area contributed by atoms with Gasteiger partial charge in [0.1, 0.15) is 0 Å². The zero-order valence-corrected chi connectivity index (χ0v) is 10.8. The highest BCUT2D eigenvalue weighted by molar-refractivity contribution is 5.86. The highest BCUT2D eigenvalue weighted by Crippen LogP contribution is 2.32. The van der Waals surface area contributed by atoms with Gasteiger partial charge in [-0.3, -0.25) is 4.79 Å². The number of nitrogens with two attached hydrogens (primary N) is 1. The first-order valence-electron chi connectivity index (χ1n) is 6.36. The average molecular weight is 273 g/mol. The summed E-state index contributed by atoms with van der Waals surface area (Å²) in [6.07, 6.45) is 3.99. The van der Waals surface area contributed by atoms with Crippen LogP contribution >= 0.6 is 0 Å². The molecule has 1 aromatic carbocycles. The van der Waals surface area contributed by atoms with Crippen LogP contribution in [-0.2, 0) is 17.6 Å². The third kappa shape index (κ3) is 2.65. The number of carbonyl (C=O) groups is 1. The number of Topliss-reactive ketones (excluding diaryl/α,β-unsaturated/α-hetero) is 1. The highest BCUT2D eigenvalue weighted by Gasteiger charge is 2.18. The number of ketones is 1. The molecule has 0 spiro atoms. The Morgan fingerprint density at radius 2 is 2.25 bits per heavy atom. The Bertz CT molecular complexity index is 610. The van der Waals surface area contributed by atoms with E-state index in [0.29, 0.717) is 17.9 Å². The van der Waals surface area contributed by atoms with Crippen LogP contribution in [-0.4, -0.2) is 28.6 Å². The Balaban J connectivity index is 1.63. The molecule has 6 heteroatoms. The zero-order chi connectivity index (χ0) is 13.9. The zero-order valence-electron chi connectivity index (χ0n) is 10.8. The minimum atomic E-state index is -0.541. The maximum Gasteiger partial charge on any atom is 0.231 e. The smallest absolute Gasteiger partial charge is 0.231 e. The maximum absolute atomic E-state index is 12.1. The van der Waals surface area contributed by atoms with Crippen LogP contribution in [0.2, 0.25) is 0 Å². The van der Waals surface area contributed by atoms with Crippen LogP contribution in [0.3, 0.4) is 0 Å². The average Bonchev–Trinajstić information content (AvgIpc) is 3.08. The summed E-state index contributed by atoms with van der Waals surface area (Å²) >= 11 is 0. The molecule has 0 unspecified atom stereocenters. The van der Waals surface area contributed by atoms with Gasteiger partial charge in [0.15, 0.2) is 17.3 Å². The van der Waals surface area contributed by atoms with E-state index in [4.69, 9.17) is 15.2 Å². The third-order valence-corrected chi connectivity index (χ3v) is 3.22. The molecule has 0 saturated heterocycles. The number of ether oxygens (including phenoxy) is 2. The Kier molecular flexibility index (Phi) is 3.39. The van der Waals surface area contributed by atoms with Gasteiger partial charge in [0, 0.05) is 24.7 Å². The summed E-state index contributed by atoms with van der Waals surface area (Å²) < 4.78 is 10.5. The summed E-state index contributed by atoms with van der Waals surface area (Å²) in [6, 6.07) is 4.95. The standard InChI is InChI=1S/C14H15N3O3/c15-11(5-10-6-16-7-17-10)12(18)3-9-1-2-13-14(4-9)20-8-19-13/h1-2,4,6-7,11H,3,5,8,15H2,(H,16,17)/t11-/m0/s1. The number of rotatable bonds is 5. The van der Waals surface area contributed by atoms with Gasteiger partial charge in [0.2, 0.25) is 6.79 Å². The van der Waals surface area contributed by atoms with Gasteiger partial charge in [-0.05, 0) is 17.7 Å². The fourth-order valence-electron chi connectivity index (χ4n) is 2.13. The van der Waals surface area contributed by atoms with Gasteiger partial charge in [-0.2, -0.15) is 0 Å². The Hall–Kier alpha value is -2.34. The van der Waals surface area contributed by atoms with E-state index in [-0.39, 0.29) is 19.0 Å². The number of H-pyrrole nitrogens is 1. The van der Waals surface area contributed by atoms with Crippen LogP contribution < -0.4 is 15.2 Å². The van der Waals surface area contributed by atoms with Crippen molar-refractivity contribution in [1.82, 2.24) is 9.97 Å². The number of nitrogens with one attached hydrogen (secondary N) is 1. The summed E-state index contributed by atoms with van der Waals surface area (Å²) in [7, 11) is 0. The number of aromatic amines is 1. The van der Waals surface area contributed by atoms with Gasteiger partial charge in [-0.25, -0.2) is 4.98 Å². The number of imidazole rings is 1. The summed E-state index contributed by atoms with van der Waals surface area (Å²) in [6.45, 7) is 0.228. The van der Waals surface area contributed by atoms with Crippen molar-refractivity contribution in [2.75, 3.05) is 6.79 Å². The monoisotopic (exact) mass is 273 g/mol. The molecule has 20 heavy (non-hydrogen) atoms. The summed E-state index contributed by atoms with van der Waals surface area (Å²) in [5, 5.41) is 0. The van der Waals surface area contributed by atoms with Crippen molar-refractivity contribution in [3.05, 3.63) is 42.0 Å². The molecule has 3 rings (SSSR count). The molecule has 1 atom stereocenters. The second kappa shape index (κ2) is 5.34. The molecular weight excluding hydrogens is 258 g/mol. The number of nitrogens with zero attached hydrogens (tertiary/aromatic N) is 1. The second-order valence-corrected chi connectivity index (χ2v) is 4.72. The number of hydrogen-bond donors (Lipinski definition) is 2. The van der Waals surface area contributed by atoms with Crippen molar-refractivity contribution in [2.24, 2.45) is 5.73 Å². The van der Waals surface area contributed by atoms with E-state index < -0.39 is 6.04 Å². The highest BCUT2D eigenvalue weighted by atomic mass is 16.7. The fraction of sp³-hybridized carbons (Fsp3) is 0.286. The fourth-order valence-corrected chi connectivity index (χ4v) is 2.13. The van der Waals surface area contributed by atoms with Gasteiger partial charge >= 0.3 is 0 Å². The lowest BCUT2D eigenvalue weighted by Gasteiger charge is -2.09. The Labute approximate surface area is 115 Å². The lowest BCUT2D eigenvalue weighted by molar-refractivity contribution is -0.119. The minimum Gasteiger partial charge on any atom is -0.454 e. The van der Waals surface area contributed by atoms with Crippen LogP contribution in [0.1, 0.15) is 11.3 Å². The van der Waals surface area contributed by atoms with Crippen molar-refractivity contribution in [2.45, 2.75) is 18.9 Å². The molecule has 2 heterocycles. The topological polar surface area (TPSA) is 90.2 Å². The Morgan fingerprint density at radius 3 is 3.05 bits per heavy atom. The number of aromatic nitrogens is 2. The molecule has 1 aliphatic heterocycles. The SMILES string of the molecule is N[C@@H](Cc1cnc[nH]1)C(=O)Cc1ccc2c(c1)OCO2. The van der Waals surface area contributed by atoms with Crippen LogP contribution in [0.4, 0.5) is 0 Å². The molecule has 6 nitrogen and oxygen atoms in total. The van der Waals surface area contributed by atoms with Crippen molar-refractivity contribution >= 4 is 5.78 Å². The van der Waals surface area contributed by atoms with Crippen molar-refractivity contribution in [3.63, 3.8) is 0 Å². The van der Waals surface area contributed by atoms with E-state index >= 15 is 0 Å². The van der Waals surface area contributed by atoms with Gasteiger partial charge in [0.05, 0.1) is 12.4 Å². The first kappa shape index (κ1) is 12.7. The molecular formula is C14H15N3O3. The van der Waals surface area contributed by atoms with Crippen molar-refractivity contribution in [1.29, 1.82) is 0 Å². The predicted octanol–water partition coefficient (Wildman–Crippen LogP) is 0.820. The van der Waals surface area contributed by atoms with E-state index in [9.17, 15) is 4.79 Å². The predicted molar refractivity (Wildman–Crippen MR) is 71.5 cm³/mol. The molecule has 3 N–H and O–H groups in total. The van der Waals surface area contributed by atoms with Crippen molar-refractivity contribution < 1.29 is 14.3 Å². The van der Waals surface area contributed by atoms with Crippen LogP contribution in [0.15, 0.2) is 30.7 Å². The minimum absolute atomic E-state index is 0.0153. The largest absolute Gasteiger partial charge is 0.454 e. The van der Waals surface area contributed by atoms with E-state index in [1.54, 1.807) is 12.5 Å². The molecule has 0 bridgehead atoms. The number of hydrogen-bond acceptors (Lipinski definition) is 5. The normalized spacial score (nSPS) is 14.2. The quantitative estimate of drug-likeness (QED) is 0.841. The molecule has 1 aliphatic rings. The summed E-state index contributed by atoms with van der Waals surface area (Å²) in [5.41, 5.74) is 7.65. The van der Waals surface area contributed by atoms with Crippen LogP contribution in [0.25, 0.3) is 0 Å². The molecule has 1 aromatic heterocycles. The van der Waals surface area contributed by atoms with E-state index in [1.807, 2.05) is 18.2 Å². The first-order valence-corrected chi connectivity index (χ1v) is 6.36. The molecule has 0 radical (unpaired) electrons. The molecule has 104 valence electrons. The van der Waals surface area contributed by atoms with E-state index in [2.05, 4.69) is 9.97 Å². The molecule has 2 aromatic rings. The van der Waals surface area contributed by atoms with Crippen molar-refractivity contribution in [3.8, 4) is 11.5 Å². The second-order valence-electron chi connectivity index (χ2n) is 4.72. The van der Waals surface area contributed by atoms with Gasteiger partial charge < -0.3 is 20.2 Å². The van der Waals surface area contributed by atoms with Crippen LogP contribution in [0, 0.1) is 0 Å². The lowest BCUT2D eigenvalue weighted by atomic mass is 10.0. The molecule has 0 saturated carbocycles. The van der Waals surface area contributed by atoms with Gasteiger partial charge in [-0.15, -0.1) is 0 Å². The summed E-state index contributed by atoms with van der Waals surface area (Å²) in [4.78, 5) is 19.0. The van der Waals surface area contributed by atoms with E-state index in [1.165, 1.54) is 0 Å². The molecule has 0 fully saturated rings. The number of benzene rings is 1. The maximum atomic E-state index is 12.1. The van der Waals surface area contributed by atoms with Crippen LogP contribution in [0.5, 0.6) is 11.5 Å². The first-order chi connectivity index (χ1) is 9.72. The molecule has 0 amide bonds. The molecule has 0 aliphatic carbocycles. The van der Waals surface area contributed by atoms with E-state index in [0.717, 1.165) is 11.3 Å². The summed E-state index contributed by atoms with van der Waals surface area (Å²) in [5.74, 6) is 1.37. The number of carbonyl (C=O) groups excluding carboxylic acids is 1. The third-order valence-electron chi connectivity index (χ3n) is 3.22. The lowest BCUT2D eigenvalue weighted by Crippen LogP contribution is -2.34. The Morgan fingerprint density at radius 1 is 1.40 bits per heavy atom.